The molecule has 0 aromatic heterocycles. The minimum Gasteiger partial charge on any atom is -0.341 e. The van der Waals surface area contributed by atoms with Crippen LogP contribution in [0.1, 0.15) is 51.9 Å². The molecule has 2 N–H and O–H groups in total. The second kappa shape index (κ2) is 6.05. The average Bonchev–Trinajstić information content (AvgIpc) is 2.59. The van der Waals surface area contributed by atoms with Gasteiger partial charge in [-0.15, -0.1) is 12.4 Å². The van der Waals surface area contributed by atoms with Gasteiger partial charge in [0.25, 0.3) is 0 Å². The van der Waals surface area contributed by atoms with Crippen molar-refractivity contribution in [2.24, 2.45) is 11.7 Å². The number of likely N-dealkylation sites (tertiary alicyclic amines) is 1. The number of carbonyl (C=O) groups excluding carboxylic acids is 1. The van der Waals surface area contributed by atoms with Crippen LogP contribution in [0.15, 0.2) is 0 Å². The third kappa shape index (κ3) is 3.35. The van der Waals surface area contributed by atoms with Crippen LogP contribution < -0.4 is 5.73 Å². The molecule has 0 bridgehead atoms. The third-order valence-electron chi connectivity index (χ3n) is 4.23. The van der Waals surface area contributed by atoms with Gasteiger partial charge in [0.1, 0.15) is 0 Å². The van der Waals surface area contributed by atoms with Crippen molar-refractivity contribution < 1.29 is 4.79 Å². The normalized spacial score (nSPS) is 28.4. The minimum absolute atomic E-state index is 0. The molecule has 0 aromatic rings. The van der Waals surface area contributed by atoms with Crippen molar-refractivity contribution in [2.45, 2.75) is 57.4 Å². The topological polar surface area (TPSA) is 46.3 Å². The van der Waals surface area contributed by atoms with Gasteiger partial charge in [0.2, 0.25) is 5.91 Å². The molecule has 0 radical (unpaired) electrons. The van der Waals surface area contributed by atoms with Crippen molar-refractivity contribution in [3.8, 4) is 0 Å². The molecule has 1 heterocycles. The van der Waals surface area contributed by atoms with E-state index in [1.807, 2.05) is 4.90 Å². The van der Waals surface area contributed by atoms with E-state index >= 15 is 0 Å². The molecule has 1 unspecified atom stereocenters. The molecule has 1 aliphatic heterocycles. The molecular formula is C13H25ClN2O. The highest BCUT2D eigenvalue weighted by molar-refractivity contribution is 5.86. The standard InChI is InChI=1S/C13H24N2O.ClH/c1-11-5-4-9-15(10-6-11)12(16)13(14)7-2-3-8-13;/h11H,2-10,14H2,1H3;1H. The van der Waals surface area contributed by atoms with Gasteiger partial charge in [0.15, 0.2) is 0 Å². The molecule has 2 fully saturated rings. The molecule has 2 rings (SSSR count). The van der Waals surface area contributed by atoms with E-state index in [2.05, 4.69) is 6.92 Å². The Bertz CT molecular complexity index is 264. The molecule has 2 aliphatic rings. The number of rotatable bonds is 1. The summed E-state index contributed by atoms with van der Waals surface area (Å²) < 4.78 is 0. The van der Waals surface area contributed by atoms with Gasteiger partial charge in [-0.05, 0) is 38.0 Å². The van der Waals surface area contributed by atoms with E-state index in [1.54, 1.807) is 0 Å². The molecule has 1 amide bonds. The van der Waals surface area contributed by atoms with Crippen LogP contribution in [0.2, 0.25) is 0 Å². The maximum Gasteiger partial charge on any atom is 0.242 e. The first kappa shape index (κ1) is 14.8. The van der Waals surface area contributed by atoms with Crippen LogP contribution in [-0.2, 0) is 4.79 Å². The van der Waals surface area contributed by atoms with Crippen LogP contribution in [0.4, 0.5) is 0 Å². The summed E-state index contributed by atoms with van der Waals surface area (Å²) in [6, 6.07) is 0. The Morgan fingerprint density at radius 2 is 1.82 bits per heavy atom. The summed E-state index contributed by atoms with van der Waals surface area (Å²) in [6.45, 7) is 4.11. The molecule has 100 valence electrons. The molecular weight excluding hydrogens is 236 g/mol. The maximum atomic E-state index is 12.4. The van der Waals surface area contributed by atoms with Gasteiger partial charge in [-0.25, -0.2) is 0 Å². The van der Waals surface area contributed by atoms with Crippen LogP contribution in [0, 0.1) is 5.92 Å². The lowest BCUT2D eigenvalue weighted by molar-refractivity contribution is -0.136. The Labute approximate surface area is 111 Å². The number of hydrogen-bond donors (Lipinski definition) is 1. The van der Waals surface area contributed by atoms with Crippen molar-refractivity contribution >= 4 is 18.3 Å². The number of carbonyl (C=O) groups is 1. The summed E-state index contributed by atoms with van der Waals surface area (Å²) in [5.74, 6) is 0.981. The molecule has 1 saturated heterocycles. The van der Waals surface area contributed by atoms with Gasteiger partial charge in [-0.2, -0.15) is 0 Å². The Kier molecular flexibility index (Phi) is 5.26. The Morgan fingerprint density at radius 1 is 1.18 bits per heavy atom. The number of halogens is 1. The van der Waals surface area contributed by atoms with Crippen molar-refractivity contribution in [3.63, 3.8) is 0 Å². The average molecular weight is 261 g/mol. The monoisotopic (exact) mass is 260 g/mol. The molecule has 0 aromatic carbocycles. The fraction of sp³-hybridized carbons (Fsp3) is 0.923. The number of nitrogens with two attached hydrogens (primary N) is 1. The highest BCUT2D eigenvalue weighted by Crippen LogP contribution is 2.30. The predicted molar refractivity (Wildman–Crippen MR) is 72.2 cm³/mol. The highest BCUT2D eigenvalue weighted by Gasteiger charge is 2.39. The van der Waals surface area contributed by atoms with Gasteiger partial charge in [0, 0.05) is 13.1 Å². The van der Waals surface area contributed by atoms with Crippen LogP contribution in [-0.4, -0.2) is 29.4 Å². The zero-order valence-electron chi connectivity index (χ0n) is 10.8. The summed E-state index contributed by atoms with van der Waals surface area (Å²) in [6.07, 6.45) is 7.54. The van der Waals surface area contributed by atoms with Crippen LogP contribution >= 0.6 is 12.4 Å². The molecule has 4 heteroatoms. The number of amides is 1. The zero-order valence-corrected chi connectivity index (χ0v) is 11.6. The molecule has 17 heavy (non-hydrogen) atoms. The van der Waals surface area contributed by atoms with Gasteiger partial charge in [0.05, 0.1) is 5.54 Å². The summed E-state index contributed by atoms with van der Waals surface area (Å²) in [7, 11) is 0. The van der Waals surface area contributed by atoms with E-state index in [4.69, 9.17) is 5.73 Å². The summed E-state index contributed by atoms with van der Waals surface area (Å²) in [5, 5.41) is 0. The molecule has 3 nitrogen and oxygen atoms in total. The minimum atomic E-state index is -0.520. The van der Waals surface area contributed by atoms with Crippen molar-refractivity contribution in [1.29, 1.82) is 0 Å². The lowest BCUT2D eigenvalue weighted by atomic mass is 9.97. The highest BCUT2D eigenvalue weighted by atomic mass is 35.5. The van der Waals surface area contributed by atoms with Gasteiger partial charge in [-0.1, -0.05) is 19.8 Å². The van der Waals surface area contributed by atoms with E-state index in [0.717, 1.165) is 57.5 Å². The second-order valence-electron chi connectivity index (χ2n) is 5.69. The first-order valence-electron chi connectivity index (χ1n) is 6.70. The number of hydrogen-bond acceptors (Lipinski definition) is 2. The molecule has 1 atom stereocenters. The second-order valence-corrected chi connectivity index (χ2v) is 5.69. The first-order chi connectivity index (χ1) is 7.62. The smallest absolute Gasteiger partial charge is 0.242 e. The van der Waals surface area contributed by atoms with E-state index < -0.39 is 5.54 Å². The molecule has 0 spiro atoms. The van der Waals surface area contributed by atoms with Crippen LogP contribution in [0.5, 0.6) is 0 Å². The zero-order chi connectivity index (χ0) is 11.6. The van der Waals surface area contributed by atoms with Gasteiger partial charge in [-0.3, -0.25) is 4.79 Å². The molecule has 1 saturated carbocycles. The molecule has 1 aliphatic carbocycles. The fourth-order valence-corrected chi connectivity index (χ4v) is 3.00. The van der Waals surface area contributed by atoms with Crippen molar-refractivity contribution in [2.75, 3.05) is 13.1 Å². The van der Waals surface area contributed by atoms with E-state index in [-0.39, 0.29) is 18.3 Å². The largest absolute Gasteiger partial charge is 0.341 e. The van der Waals surface area contributed by atoms with Crippen LogP contribution in [0.25, 0.3) is 0 Å². The Balaban J connectivity index is 0.00000144. The lowest BCUT2D eigenvalue weighted by Crippen LogP contribution is -2.53. The first-order valence-corrected chi connectivity index (χ1v) is 6.70. The summed E-state index contributed by atoms with van der Waals surface area (Å²) in [4.78, 5) is 14.4. The third-order valence-corrected chi connectivity index (χ3v) is 4.23. The Morgan fingerprint density at radius 3 is 2.47 bits per heavy atom. The van der Waals surface area contributed by atoms with Crippen molar-refractivity contribution in [3.05, 3.63) is 0 Å². The quantitative estimate of drug-likeness (QED) is 0.787. The maximum absolute atomic E-state index is 12.4. The van der Waals surface area contributed by atoms with Crippen LogP contribution in [0.3, 0.4) is 0 Å². The van der Waals surface area contributed by atoms with E-state index in [1.165, 1.54) is 6.42 Å². The summed E-state index contributed by atoms with van der Waals surface area (Å²) in [5.41, 5.74) is 5.71. The lowest BCUT2D eigenvalue weighted by Gasteiger charge is -2.30. The van der Waals surface area contributed by atoms with Gasteiger partial charge < -0.3 is 10.6 Å². The van der Waals surface area contributed by atoms with Gasteiger partial charge >= 0.3 is 0 Å². The van der Waals surface area contributed by atoms with E-state index in [9.17, 15) is 4.79 Å². The van der Waals surface area contributed by atoms with Crippen molar-refractivity contribution in [1.82, 2.24) is 4.90 Å². The Hall–Kier alpha value is -0.280. The SMILES string of the molecule is CC1CCCN(C(=O)C2(N)CCCC2)CC1.Cl. The van der Waals surface area contributed by atoms with E-state index in [0.29, 0.717) is 0 Å². The number of nitrogens with zero attached hydrogens (tertiary/aromatic N) is 1. The predicted octanol–water partition coefficient (Wildman–Crippen LogP) is 2.33. The summed E-state index contributed by atoms with van der Waals surface area (Å²) >= 11 is 0. The fourth-order valence-electron chi connectivity index (χ4n) is 3.00.